The van der Waals surface area contributed by atoms with E-state index in [1.807, 2.05) is 0 Å². The molecular weight excluding hydrogens is 370 g/mol. The van der Waals surface area contributed by atoms with Crippen LogP contribution in [-0.4, -0.2) is 30.4 Å². The molecular formula is C15H14F6N2O3. The molecule has 1 heterocycles. The van der Waals surface area contributed by atoms with Crippen LogP contribution in [0.15, 0.2) is 24.3 Å². The van der Waals surface area contributed by atoms with Gasteiger partial charge in [0.25, 0.3) is 0 Å². The van der Waals surface area contributed by atoms with Crippen LogP contribution >= 0.6 is 0 Å². The second kappa shape index (κ2) is 7.42. The molecule has 1 aliphatic rings. The normalized spacial score (nSPS) is 21.1. The summed E-state index contributed by atoms with van der Waals surface area (Å²) in [5.74, 6) is -3.81. The lowest BCUT2D eigenvalue weighted by molar-refractivity contribution is -0.274. The second-order valence-corrected chi connectivity index (χ2v) is 5.61. The maximum Gasteiger partial charge on any atom is 0.573 e. The summed E-state index contributed by atoms with van der Waals surface area (Å²) >= 11 is 0. The molecule has 0 bridgehead atoms. The highest BCUT2D eigenvalue weighted by molar-refractivity contribution is 6.00. The van der Waals surface area contributed by atoms with E-state index < -0.39 is 48.5 Å². The quantitative estimate of drug-likeness (QED) is 0.620. The number of benzene rings is 1. The number of para-hydroxylation sites is 1. The molecule has 26 heavy (non-hydrogen) atoms. The fourth-order valence-electron chi connectivity index (χ4n) is 2.48. The summed E-state index contributed by atoms with van der Waals surface area (Å²) in [5.41, 5.74) is 0.00237. The van der Waals surface area contributed by atoms with E-state index >= 15 is 0 Å². The van der Waals surface area contributed by atoms with Crippen LogP contribution in [0.2, 0.25) is 0 Å². The van der Waals surface area contributed by atoms with Crippen LogP contribution in [0.4, 0.5) is 26.3 Å². The summed E-state index contributed by atoms with van der Waals surface area (Å²) in [6, 6.07) is 3.04. The second-order valence-electron chi connectivity index (χ2n) is 5.61. The highest BCUT2D eigenvalue weighted by atomic mass is 19.4. The first-order chi connectivity index (χ1) is 12.0. The van der Waals surface area contributed by atoms with Crippen molar-refractivity contribution in [3.63, 3.8) is 0 Å². The number of carbonyl (C=O) groups excluding carboxylic acids is 2. The van der Waals surface area contributed by atoms with Gasteiger partial charge in [-0.15, -0.1) is 13.2 Å². The van der Waals surface area contributed by atoms with Gasteiger partial charge in [0.05, 0.1) is 0 Å². The first-order valence-corrected chi connectivity index (χ1v) is 7.46. The Hall–Kier alpha value is -2.46. The third-order valence-electron chi connectivity index (χ3n) is 3.74. The lowest BCUT2D eigenvalue weighted by Gasteiger charge is -2.29. The van der Waals surface area contributed by atoms with Crippen LogP contribution < -0.4 is 15.4 Å². The van der Waals surface area contributed by atoms with Gasteiger partial charge < -0.3 is 15.4 Å². The molecule has 11 heteroatoms. The molecule has 1 aromatic rings. The summed E-state index contributed by atoms with van der Waals surface area (Å²) in [7, 11) is 0. The average molecular weight is 384 g/mol. The SMILES string of the molecule is O=C(NCc1ccccc1OC(F)(F)F)[C@H]1CC[C@H](C(F)(F)F)NC1=O. The molecule has 2 N–H and O–H groups in total. The Kier molecular flexibility index (Phi) is 5.67. The van der Waals surface area contributed by atoms with Gasteiger partial charge in [-0.3, -0.25) is 9.59 Å². The van der Waals surface area contributed by atoms with E-state index in [9.17, 15) is 35.9 Å². The number of nitrogens with one attached hydrogen (secondary N) is 2. The average Bonchev–Trinajstić information content (AvgIpc) is 2.51. The molecule has 2 atom stereocenters. The Morgan fingerprint density at radius 2 is 1.81 bits per heavy atom. The van der Waals surface area contributed by atoms with Crippen molar-refractivity contribution in [3.8, 4) is 5.75 Å². The fraction of sp³-hybridized carbons (Fsp3) is 0.467. The van der Waals surface area contributed by atoms with E-state index in [1.165, 1.54) is 18.2 Å². The maximum absolute atomic E-state index is 12.6. The molecule has 2 rings (SSSR count). The summed E-state index contributed by atoms with van der Waals surface area (Å²) in [4.78, 5) is 23.7. The van der Waals surface area contributed by atoms with Gasteiger partial charge in [0.15, 0.2) is 0 Å². The predicted molar refractivity (Wildman–Crippen MR) is 75.7 cm³/mol. The number of alkyl halides is 6. The first-order valence-electron chi connectivity index (χ1n) is 7.46. The molecule has 144 valence electrons. The minimum Gasteiger partial charge on any atom is -0.405 e. The van der Waals surface area contributed by atoms with Gasteiger partial charge in [0.2, 0.25) is 11.8 Å². The van der Waals surface area contributed by atoms with Crippen LogP contribution in [0.5, 0.6) is 5.75 Å². The van der Waals surface area contributed by atoms with Gasteiger partial charge in [0.1, 0.15) is 17.7 Å². The van der Waals surface area contributed by atoms with E-state index in [0.717, 1.165) is 6.07 Å². The topological polar surface area (TPSA) is 67.4 Å². The highest BCUT2D eigenvalue weighted by Crippen LogP contribution is 2.29. The summed E-state index contributed by atoms with van der Waals surface area (Å²) in [5, 5.41) is 3.98. The predicted octanol–water partition coefficient (Wildman–Crippen LogP) is 2.66. The van der Waals surface area contributed by atoms with Crippen molar-refractivity contribution in [2.75, 3.05) is 0 Å². The molecule has 1 fully saturated rings. The van der Waals surface area contributed by atoms with Crippen molar-refractivity contribution < 1.29 is 40.7 Å². The van der Waals surface area contributed by atoms with Crippen molar-refractivity contribution in [2.24, 2.45) is 5.92 Å². The van der Waals surface area contributed by atoms with Gasteiger partial charge >= 0.3 is 12.5 Å². The van der Waals surface area contributed by atoms with E-state index in [2.05, 4.69) is 10.1 Å². The smallest absolute Gasteiger partial charge is 0.405 e. The number of hydrogen-bond acceptors (Lipinski definition) is 3. The van der Waals surface area contributed by atoms with E-state index in [4.69, 9.17) is 0 Å². The standard InChI is InChI=1S/C15H14F6N2O3/c16-14(17,18)11-6-5-9(13(25)23-11)12(24)22-7-8-3-1-2-4-10(8)26-15(19,20)21/h1-4,9,11H,5-7H2,(H,22,24)(H,23,25)/t9-,11-/m1/s1. The number of rotatable bonds is 4. The minimum absolute atomic E-state index is 0.00237. The van der Waals surface area contributed by atoms with Crippen molar-refractivity contribution in [2.45, 2.75) is 38.0 Å². The zero-order valence-corrected chi connectivity index (χ0v) is 13.1. The van der Waals surface area contributed by atoms with Crippen LogP contribution in [0.1, 0.15) is 18.4 Å². The summed E-state index contributed by atoms with van der Waals surface area (Å²) < 4.78 is 78.6. The number of amides is 2. The first kappa shape index (κ1) is 19.9. The Balaban J connectivity index is 1.97. The van der Waals surface area contributed by atoms with E-state index in [1.54, 1.807) is 5.32 Å². The number of hydrogen-bond donors (Lipinski definition) is 2. The Labute approximate surface area is 143 Å². The number of piperidine rings is 1. The molecule has 1 saturated heterocycles. The van der Waals surface area contributed by atoms with Crippen molar-refractivity contribution >= 4 is 11.8 Å². The van der Waals surface area contributed by atoms with Crippen molar-refractivity contribution in [3.05, 3.63) is 29.8 Å². The molecule has 0 spiro atoms. The van der Waals surface area contributed by atoms with Gasteiger partial charge in [-0.2, -0.15) is 13.2 Å². The Morgan fingerprint density at radius 3 is 2.38 bits per heavy atom. The Bertz CT molecular complexity index is 674. The van der Waals surface area contributed by atoms with Gasteiger partial charge in [0, 0.05) is 12.1 Å². The van der Waals surface area contributed by atoms with Crippen LogP contribution in [0.25, 0.3) is 0 Å². The van der Waals surface area contributed by atoms with Crippen LogP contribution in [-0.2, 0) is 16.1 Å². The lowest BCUT2D eigenvalue weighted by atomic mass is 9.92. The van der Waals surface area contributed by atoms with E-state index in [-0.39, 0.29) is 18.5 Å². The van der Waals surface area contributed by atoms with Crippen molar-refractivity contribution in [1.29, 1.82) is 0 Å². The number of ether oxygens (including phenoxy) is 1. The van der Waals surface area contributed by atoms with Gasteiger partial charge in [-0.1, -0.05) is 18.2 Å². The molecule has 0 radical (unpaired) electrons. The van der Waals surface area contributed by atoms with Crippen LogP contribution in [0, 0.1) is 5.92 Å². The van der Waals surface area contributed by atoms with Gasteiger partial charge in [-0.25, -0.2) is 0 Å². The third kappa shape index (κ3) is 5.27. The van der Waals surface area contributed by atoms with Crippen LogP contribution in [0.3, 0.4) is 0 Å². The summed E-state index contributed by atoms with van der Waals surface area (Å²) in [6.45, 7) is -0.377. The highest BCUT2D eigenvalue weighted by Gasteiger charge is 2.45. The largest absolute Gasteiger partial charge is 0.573 e. The summed E-state index contributed by atoms with van der Waals surface area (Å²) in [6.07, 6.45) is -10.3. The molecule has 1 aliphatic heterocycles. The Morgan fingerprint density at radius 1 is 1.15 bits per heavy atom. The lowest BCUT2D eigenvalue weighted by Crippen LogP contribution is -2.54. The zero-order valence-electron chi connectivity index (χ0n) is 13.1. The molecule has 2 amide bonds. The van der Waals surface area contributed by atoms with E-state index in [0.29, 0.717) is 0 Å². The number of halogens is 6. The molecule has 0 aromatic heterocycles. The molecule has 1 aromatic carbocycles. The minimum atomic E-state index is -4.92. The third-order valence-corrected chi connectivity index (χ3v) is 3.74. The molecule has 5 nitrogen and oxygen atoms in total. The van der Waals surface area contributed by atoms with Gasteiger partial charge in [-0.05, 0) is 18.9 Å². The maximum atomic E-state index is 12.6. The number of carbonyl (C=O) groups is 2. The zero-order chi connectivity index (χ0) is 19.5. The van der Waals surface area contributed by atoms with Crippen molar-refractivity contribution in [1.82, 2.24) is 10.6 Å². The molecule has 0 saturated carbocycles. The molecule has 0 unspecified atom stereocenters. The monoisotopic (exact) mass is 384 g/mol. The fourth-order valence-corrected chi connectivity index (χ4v) is 2.48. The molecule has 0 aliphatic carbocycles.